The molecular weight excluding hydrogens is 564 g/mol. The lowest BCUT2D eigenvalue weighted by Crippen LogP contribution is -1.93. The maximum Gasteiger partial charge on any atom is 0.124 e. The number of nitrogens with zero attached hydrogens (tertiary/aromatic N) is 2. The van der Waals surface area contributed by atoms with Crippen LogP contribution in [0.2, 0.25) is 0 Å². The molecule has 0 amide bonds. The van der Waals surface area contributed by atoms with Crippen molar-refractivity contribution in [3.8, 4) is 16.9 Å². The Labute approximate surface area is 217 Å². The number of fused-ring (bicyclic) bond motifs is 6. The summed E-state index contributed by atoms with van der Waals surface area (Å²) in [7, 11) is 0. The third-order valence-electron chi connectivity index (χ3n) is 6.60. The summed E-state index contributed by atoms with van der Waals surface area (Å²) in [5.41, 5.74) is 5.06. The summed E-state index contributed by atoms with van der Waals surface area (Å²) in [6.45, 7) is 0. The van der Waals surface area contributed by atoms with Crippen molar-refractivity contribution in [3.63, 3.8) is 0 Å². The molecule has 0 spiro atoms. The molecule has 6 aromatic carbocycles. The minimum atomic E-state index is 0.235. The first-order chi connectivity index (χ1) is 17.0. The minimum Gasteiger partial charge on any atom is -0.507 e. The molecule has 0 fully saturated rings. The molecule has 35 heavy (non-hydrogen) atoms. The molecule has 166 valence electrons. The Kier molecular flexibility index (Phi) is 4.60. The summed E-state index contributed by atoms with van der Waals surface area (Å²) in [6, 6.07) is 30.5. The zero-order valence-corrected chi connectivity index (χ0v) is 21.4. The van der Waals surface area contributed by atoms with Crippen LogP contribution in [-0.2, 0) is 0 Å². The molecule has 0 unspecified atom stereocenters. The van der Waals surface area contributed by atoms with Gasteiger partial charge in [0.15, 0.2) is 0 Å². The predicted molar refractivity (Wildman–Crippen MR) is 152 cm³/mol. The Morgan fingerprint density at radius 3 is 1.97 bits per heavy atom. The molecule has 0 radical (unpaired) electrons. The van der Waals surface area contributed by atoms with Crippen LogP contribution >= 0.6 is 31.9 Å². The van der Waals surface area contributed by atoms with Crippen molar-refractivity contribution in [1.29, 1.82) is 0 Å². The molecule has 5 heteroatoms. The van der Waals surface area contributed by atoms with E-state index < -0.39 is 0 Å². The highest BCUT2D eigenvalue weighted by Gasteiger charge is 2.17. The Morgan fingerprint density at radius 1 is 0.543 bits per heavy atom. The average molecular weight is 580 g/mol. The van der Waals surface area contributed by atoms with Crippen LogP contribution in [0.3, 0.4) is 0 Å². The lowest BCUT2D eigenvalue weighted by atomic mass is 9.92. The number of halogens is 2. The molecule has 3 nitrogen and oxygen atoms in total. The van der Waals surface area contributed by atoms with Crippen molar-refractivity contribution in [2.75, 3.05) is 0 Å². The van der Waals surface area contributed by atoms with E-state index in [1.807, 2.05) is 30.3 Å². The molecule has 7 aromatic rings. The molecule has 0 saturated heterocycles. The van der Waals surface area contributed by atoms with Crippen LogP contribution in [-0.4, -0.2) is 15.1 Å². The van der Waals surface area contributed by atoms with Gasteiger partial charge in [0.05, 0.1) is 22.1 Å². The first kappa shape index (κ1) is 20.8. The highest BCUT2D eigenvalue weighted by atomic mass is 79.9. The Morgan fingerprint density at radius 2 is 1.20 bits per heavy atom. The molecule has 0 saturated carbocycles. The highest BCUT2D eigenvalue weighted by Crippen LogP contribution is 2.43. The first-order valence-corrected chi connectivity index (χ1v) is 12.8. The van der Waals surface area contributed by atoms with Crippen molar-refractivity contribution < 1.29 is 5.11 Å². The summed E-state index contributed by atoms with van der Waals surface area (Å²) in [4.78, 5) is 10.1. The van der Waals surface area contributed by atoms with Gasteiger partial charge in [0.1, 0.15) is 5.75 Å². The minimum absolute atomic E-state index is 0.235. The quantitative estimate of drug-likeness (QED) is 0.156. The van der Waals surface area contributed by atoms with Crippen LogP contribution in [0, 0.1) is 0 Å². The molecule has 0 atom stereocenters. The third kappa shape index (κ3) is 3.30. The zero-order valence-electron chi connectivity index (χ0n) is 18.3. The number of phenolic OH excluding ortho intramolecular Hbond substituents is 1. The molecule has 0 aliphatic carbocycles. The second kappa shape index (κ2) is 7.74. The Hall–Kier alpha value is -3.54. The van der Waals surface area contributed by atoms with Crippen LogP contribution in [0.4, 0.5) is 0 Å². The van der Waals surface area contributed by atoms with Gasteiger partial charge in [-0.15, -0.1) is 0 Å². The van der Waals surface area contributed by atoms with Crippen molar-refractivity contribution in [2.24, 2.45) is 0 Å². The predicted octanol–water partition coefficient (Wildman–Crippen LogP) is 9.14. The summed E-state index contributed by atoms with van der Waals surface area (Å²) >= 11 is 7.24. The van der Waals surface area contributed by atoms with Crippen LogP contribution in [0.25, 0.3) is 65.5 Å². The van der Waals surface area contributed by atoms with Crippen LogP contribution in [0.5, 0.6) is 5.75 Å². The number of aromatic nitrogens is 2. The summed E-state index contributed by atoms with van der Waals surface area (Å²) in [5.74, 6) is 0.235. The number of rotatable bonds is 1. The number of hydrogen-bond donors (Lipinski definition) is 1. The van der Waals surface area contributed by atoms with Crippen LogP contribution in [0.1, 0.15) is 0 Å². The molecule has 7 rings (SSSR count). The van der Waals surface area contributed by atoms with Gasteiger partial charge >= 0.3 is 0 Å². The fraction of sp³-hybridized carbons (Fsp3) is 0. The van der Waals surface area contributed by atoms with E-state index in [0.717, 1.165) is 74.5 Å². The lowest BCUT2D eigenvalue weighted by Gasteiger charge is -2.15. The van der Waals surface area contributed by atoms with Gasteiger partial charge in [-0.25, -0.2) is 9.97 Å². The second-order valence-corrected chi connectivity index (χ2v) is 10.5. The van der Waals surface area contributed by atoms with Crippen molar-refractivity contribution in [2.45, 2.75) is 0 Å². The summed E-state index contributed by atoms with van der Waals surface area (Å²) in [6.07, 6.45) is 0. The number of phenols is 1. The molecule has 1 aromatic heterocycles. The molecule has 0 aliphatic rings. The third-order valence-corrected chi connectivity index (χ3v) is 7.58. The van der Waals surface area contributed by atoms with Crippen molar-refractivity contribution in [3.05, 3.63) is 99.9 Å². The number of hydrogen-bond acceptors (Lipinski definition) is 3. The molecule has 1 heterocycles. The fourth-order valence-corrected chi connectivity index (χ4v) is 5.71. The molecule has 1 N–H and O–H groups in total. The summed E-state index contributed by atoms with van der Waals surface area (Å²) < 4.78 is 1.93. The van der Waals surface area contributed by atoms with E-state index in [9.17, 15) is 5.11 Å². The maximum atomic E-state index is 11.1. The van der Waals surface area contributed by atoms with Crippen LogP contribution < -0.4 is 0 Å². The van der Waals surface area contributed by atoms with E-state index in [1.165, 1.54) is 0 Å². The Balaban J connectivity index is 1.65. The van der Waals surface area contributed by atoms with E-state index in [0.29, 0.717) is 0 Å². The molecule has 0 bridgehead atoms. The van der Waals surface area contributed by atoms with Gasteiger partial charge in [-0.2, -0.15) is 0 Å². The van der Waals surface area contributed by atoms with Crippen molar-refractivity contribution in [1.82, 2.24) is 9.97 Å². The second-order valence-electron chi connectivity index (χ2n) is 8.72. The summed E-state index contributed by atoms with van der Waals surface area (Å²) in [5, 5.41) is 17.4. The van der Waals surface area contributed by atoms with E-state index >= 15 is 0 Å². The Bertz CT molecular complexity index is 1990. The monoisotopic (exact) mass is 578 g/mol. The fourth-order valence-electron chi connectivity index (χ4n) is 4.99. The lowest BCUT2D eigenvalue weighted by molar-refractivity contribution is 0.478. The van der Waals surface area contributed by atoms with E-state index in [2.05, 4.69) is 86.5 Å². The average Bonchev–Trinajstić information content (AvgIpc) is 2.86. The zero-order chi connectivity index (χ0) is 23.7. The van der Waals surface area contributed by atoms with Crippen molar-refractivity contribution >= 4 is 86.2 Å². The number of benzene rings is 6. The molecule has 0 aliphatic heterocycles. The van der Waals surface area contributed by atoms with E-state index in [1.54, 1.807) is 6.07 Å². The normalized spacial score (nSPS) is 11.8. The first-order valence-electron chi connectivity index (χ1n) is 11.2. The molecular formula is C30H16Br2N2O. The van der Waals surface area contributed by atoms with Gasteiger partial charge in [0.2, 0.25) is 0 Å². The van der Waals surface area contributed by atoms with Gasteiger partial charge in [0, 0.05) is 19.9 Å². The van der Waals surface area contributed by atoms with Gasteiger partial charge in [0.25, 0.3) is 0 Å². The maximum absolute atomic E-state index is 11.1. The SMILES string of the molecule is Oc1ccc2ccc(Br)cc2c1-c1cc2nc3cc4ccccc4cc3nc2c2cc(Br)ccc12. The highest BCUT2D eigenvalue weighted by molar-refractivity contribution is 9.10. The van der Waals surface area contributed by atoms with Gasteiger partial charge in [-0.1, -0.05) is 74.3 Å². The van der Waals surface area contributed by atoms with Gasteiger partial charge < -0.3 is 5.11 Å². The van der Waals surface area contributed by atoms with Gasteiger partial charge in [-0.05, 0) is 81.0 Å². The largest absolute Gasteiger partial charge is 0.507 e. The van der Waals surface area contributed by atoms with E-state index in [-0.39, 0.29) is 5.75 Å². The smallest absolute Gasteiger partial charge is 0.124 e. The van der Waals surface area contributed by atoms with Crippen LogP contribution in [0.15, 0.2) is 99.9 Å². The van der Waals surface area contributed by atoms with E-state index in [4.69, 9.17) is 9.97 Å². The topological polar surface area (TPSA) is 46.0 Å². The standard InChI is InChI=1S/C30H16Br2N2O/c31-19-7-5-16-6-10-28(35)29(22(16)13-19)23-15-27-30(24-14-20(32)8-9-21(23)24)34-26-12-18-4-2-1-3-17(18)11-25(26)33-27/h1-15,35H. The van der Waals surface area contributed by atoms with Gasteiger partial charge in [-0.3, -0.25) is 0 Å². The number of aromatic hydroxyl groups is 1.